The van der Waals surface area contributed by atoms with Crippen LogP contribution in [0.25, 0.3) is 16.6 Å². The van der Waals surface area contributed by atoms with Crippen molar-refractivity contribution >= 4 is 29.3 Å². The molecule has 0 aliphatic rings. The lowest BCUT2D eigenvalue weighted by atomic mass is 9.97. The van der Waals surface area contributed by atoms with Gasteiger partial charge in [0.15, 0.2) is 0 Å². The molecule has 0 spiro atoms. The summed E-state index contributed by atoms with van der Waals surface area (Å²) in [4.78, 5) is 31.3. The van der Waals surface area contributed by atoms with E-state index < -0.39 is 17.9 Å². The van der Waals surface area contributed by atoms with Crippen LogP contribution < -0.4 is 16.4 Å². The maximum absolute atomic E-state index is 12.9. The van der Waals surface area contributed by atoms with Crippen LogP contribution in [0.3, 0.4) is 0 Å². The molecule has 4 aromatic rings. The number of nitrogens with zero attached hydrogens (tertiary/aromatic N) is 4. The Kier molecular flexibility index (Phi) is 7.72. The molecule has 0 fully saturated rings. The lowest BCUT2D eigenvalue weighted by molar-refractivity contribution is -0.141. The molecule has 4 rings (SSSR count). The largest absolute Gasteiger partial charge is 0.433 e. The van der Waals surface area contributed by atoms with Crippen LogP contribution in [0, 0.1) is 12.8 Å². The zero-order valence-corrected chi connectivity index (χ0v) is 20.7. The topological polar surface area (TPSA) is 127 Å². The molecular weight excluding hydrogens is 499 g/mol. The molecule has 0 saturated carbocycles. The average Bonchev–Trinajstić information content (AvgIpc) is 3.23. The number of carbonyl (C=O) groups is 2. The van der Waals surface area contributed by atoms with Gasteiger partial charge in [-0.1, -0.05) is 25.1 Å². The highest BCUT2D eigenvalue weighted by molar-refractivity contribution is 5.99. The summed E-state index contributed by atoms with van der Waals surface area (Å²) in [5.74, 6) is -0.484. The molecule has 1 aromatic carbocycles. The summed E-state index contributed by atoms with van der Waals surface area (Å²) in [5, 5.41) is 9.22. The molecule has 2 amide bonds. The van der Waals surface area contributed by atoms with Gasteiger partial charge in [0.2, 0.25) is 0 Å². The number of amides is 2. The number of hydrogen-bond donors (Lipinski definition) is 3. The van der Waals surface area contributed by atoms with Crippen molar-refractivity contribution < 1.29 is 22.8 Å². The Balaban J connectivity index is 1.52. The minimum Gasteiger partial charge on any atom is -0.327 e. The van der Waals surface area contributed by atoms with E-state index in [1.807, 2.05) is 25.3 Å². The van der Waals surface area contributed by atoms with Gasteiger partial charge in [0, 0.05) is 29.4 Å². The van der Waals surface area contributed by atoms with Gasteiger partial charge >= 0.3 is 12.2 Å². The van der Waals surface area contributed by atoms with Gasteiger partial charge in [0.05, 0.1) is 11.2 Å². The molecule has 4 N–H and O–H groups in total. The lowest BCUT2D eigenvalue weighted by Crippen LogP contribution is -2.29. The number of pyridine rings is 1. The van der Waals surface area contributed by atoms with Gasteiger partial charge in [-0.25, -0.2) is 19.3 Å². The molecule has 0 aliphatic heterocycles. The Hall–Kier alpha value is -4.32. The summed E-state index contributed by atoms with van der Waals surface area (Å²) in [6.45, 7) is 3.74. The van der Waals surface area contributed by atoms with Gasteiger partial charge in [0.25, 0.3) is 0 Å². The zero-order chi connectivity index (χ0) is 27.4. The Morgan fingerprint density at radius 2 is 1.89 bits per heavy atom. The van der Waals surface area contributed by atoms with Gasteiger partial charge < -0.3 is 15.8 Å². The van der Waals surface area contributed by atoms with Crippen LogP contribution in [0.1, 0.15) is 30.3 Å². The van der Waals surface area contributed by atoms with Crippen LogP contribution in [-0.2, 0) is 17.4 Å². The number of benzene rings is 1. The van der Waals surface area contributed by atoms with Gasteiger partial charge in [-0.15, -0.1) is 0 Å². The van der Waals surface area contributed by atoms with Crippen molar-refractivity contribution in [2.24, 2.45) is 11.7 Å². The molecule has 0 radical (unpaired) electrons. The number of carbonyl (C=O) groups excluding carboxylic acids is 2. The van der Waals surface area contributed by atoms with Crippen LogP contribution in [0.5, 0.6) is 0 Å². The number of aryl methyl sites for hydroxylation is 2. The van der Waals surface area contributed by atoms with Gasteiger partial charge in [-0.2, -0.15) is 18.3 Å². The van der Waals surface area contributed by atoms with Crippen molar-refractivity contribution in [2.75, 3.05) is 10.6 Å². The van der Waals surface area contributed by atoms with Crippen LogP contribution in [0.4, 0.5) is 29.5 Å². The van der Waals surface area contributed by atoms with E-state index in [-0.39, 0.29) is 17.8 Å². The van der Waals surface area contributed by atoms with Gasteiger partial charge in [-0.3, -0.25) is 5.32 Å². The fraction of sp³-hybridized carbons (Fsp3) is 0.269. The van der Waals surface area contributed by atoms with Crippen molar-refractivity contribution in [3.05, 3.63) is 71.9 Å². The number of aldehydes is 1. The quantitative estimate of drug-likeness (QED) is 0.282. The van der Waals surface area contributed by atoms with E-state index in [1.165, 1.54) is 18.5 Å². The lowest BCUT2D eigenvalue weighted by Gasteiger charge is -2.14. The van der Waals surface area contributed by atoms with E-state index in [2.05, 4.69) is 25.7 Å². The second-order valence-corrected chi connectivity index (χ2v) is 8.95. The Labute approximate surface area is 216 Å². The predicted molar refractivity (Wildman–Crippen MR) is 137 cm³/mol. The molecule has 0 saturated heterocycles. The Morgan fingerprint density at radius 3 is 2.58 bits per heavy atom. The predicted octanol–water partition coefficient (Wildman–Crippen LogP) is 4.86. The second-order valence-electron chi connectivity index (χ2n) is 8.95. The highest BCUT2D eigenvalue weighted by Crippen LogP contribution is 2.32. The summed E-state index contributed by atoms with van der Waals surface area (Å²) >= 11 is 0. The molecule has 9 nitrogen and oxygen atoms in total. The van der Waals surface area contributed by atoms with Crippen LogP contribution in [-0.4, -0.2) is 37.9 Å². The van der Waals surface area contributed by atoms with Crippen molar-refractivity contribution in [2.45, 2.75) is 38.9 Å². The van der Waals surface area contributed by atoms with Gasteiger partial charge in [0.1, 0.15) is 24.1 Å². The average molecular weight is 526 g/mol. The van der Waals surface area contributed by atoms with Crippen molar-refractivity contribution in [1.29, 1.82) is 0 Å². The highest BCUT2D eigenvalue weighted by Gasteiger charge is 2.32. The molecule has 0 aliphatic carbocycles. The van der Waals surface area contributed by atoms with E-state index in [0.29, 0.717) is 18.5 Å². The number of alkyl halides is 3. The number of halogens is 3. The molecule has 198 valence electrons. The minimum absolute atomic E-state index is 0.223. The third-order valence-electron chi connectivity index (χ3n) is 6.16. The monoisotopic (exact) mass is 525 g/mol. The first-order valence-corrected chi connectivity index (χ1v) is 11.8. The summed E-state index contributed by atoms with van der Waals surface area (Å²) in [6, 6.07) is 9.24. The van der Waals surface area contributed by atoms with Crippen LogP contribution >= 0.6 is 0 Å². The van der Waals surface area contributed by atoms with E-state index in [1.54, 1.807) is 23.6 Å². The summed E-state index contributed by atoms with van der Waals surface area (Å²) in [5.41, 5.74) is 9.83. The number of aromatic nitrogens is 4. The SMILES string of the molecule is Cc1cn2ncnc(CCC(N)C(C)C=O)c2c1-c1ccc(NC(=O)Nc2cccc(C(F)(F)F)n2)cc1. The van der Waals surface area contributed by atoms with E-state index in [4.69, 9.17) is 5.73 Å². The number of fused-ring (bicyclic) bond motifs is 1. The maximum atomic E-state index is 12.9. The smallest absolute Gasteiger partial charge is 0.327 e. The number of rotatable bonds is 8. The first-order chi connectivity index (χ1) is 18.1. The summed E-state index contributed by atoms with van der Waals surface area (Å²) < 4.78 is 40.3. The third kappa shape index (κ3) is 5.97. The number of anilines is 2. The van der Waals surface area contributed by atoms with E-state index >= 15 is 0 Å². The van der Waals surface area contributed by atoms with Gasteiger partial charge in [-0.05, 0) is 55.2 Å². The molecule has 2 atom stereocenters. The molecule has 3 heterocycles. The van der Waals surface area contributed by atoms with E-state index in [0.717, 1.165) is 40.3 Å². The summed E-state index contributed by atoms with van der Waals surface area (Å²) in [7, 11) is 0. The zero-order valence-electron chi connectivity index (χ0n) is 20.7. The number of hydrogen-bond acceptors (Lipinski definition) is 6. The first kappa shape index (κ1) is 26.7. The minimum atomic E-state index is -4.61. The van der Waals surface area contributed by atoms with Crippen molar-refractivity contribution in [3.63, 3.8) is 0 Å². The standard InChI is InChI=1S/C26H26F3N7O2/c1-15-12-36-24(20(31-14-32-36)11-10-19(30)16(2)13-37)23(15)17-6-8-18(9-7-17)33-25(38)35-22-5-3-4-21(34-22)26(27,28)29/h3-9,12-14,16,19H,10-11,30H2,1-2H3,(H2,33,34,35,38). The first-order valence-electron chi connectivity index (χ1n) is 11.8. The molecule has 12 heteroatoms. The molecule has 3 aromatic heterocycles. The van der Waals surface area contributed by atoms with Crippen LogP contribution in [0.2, 0.25) is 0 Å². The van der Waals surface area contributed by atoms with E-state index in [9.17, 15) is 22.8 Å². The normalized spacial score (nSPS) is 13.2. The molecule has 2 unspecified atom stereocenters. The second kappa shape index (κ2) is 11.0. The molecule has 0 bridgehead atoms. The summed E-state index contributed by atoms with van der Waals surface area (Å²) in [6.07, 6.45) is 0.742. The maximum Gasteiger partial charge on any atom is 0.433 e. The molecular formula is C26H26F3N7O2. The molecule has 38 heavy (non-hydrogen) atoms. The number of urea groups is 1. The number of nitrogens with one attached hydrogen (secondary N) is 2. The van der Waals surface area contributed by atoms with Crippen molar-refractivity contribution in [1.82, 2.24) is 19.6 Å². The van der Waals surface area contributed by atoms with Crippen molar-refractivity contribution in [3.8, 4) is 11.1 Å². The van der Waals surface area contributed by atoms with Crippen LogP contribution in [0.15, 0.2) is 55.0 Å². The highest BCUT2D eigenvalue weighted by atomic mass is 19.4. The number of nitrogens with two attached hydrogens (primary N) is 1. The Bertz CT molecular complexity index is 1450. The fourth-order valence-corrected chi connectivity index (χ4v) is 4.07. The third-order valence-corrected chi connectivity index (χ3v) is 6.16. The fourth-order valence-electron chi connectivity index (χ4n) is 4.07. The Morgan fingerprint density at radius 1 is 1.16 bits per heavy atom.